The number of anilines is 1. The Bertz CT molecular complexity index is 564. The first-order valence-electron chi connectivity index (χ1n) is 7.66. The number of aldehydes is 1. The lowest BCUT2D eigenvalue weighted by atomic mass is 10.0. The third kappa shape index (κ3) is 3.78. The van der Waals surface area contributed by atoms with E-state index in [2.05, 4.69) is 17.1 Å². The first kappa shape index (κ1) is 16.3. The monoisotopic (exact) mass is 304 g/mol. The summed E-state index contributed by atoms with van der Waals surface area (Å²) in [5, 5.41) is 2.61. The van der Waals surface area contributed by atoms with E-state index in [1.165, 1.54) is 11.3 Å². The number of ether oxygens (including phenoxy) is 1. The van der Waals surface area contributed by atoms with Crippen molar-refractivity contribution in [1.82, 2.24) is 5.32 Å². The van der Waals surface area contributed by atoms with Gasteiger partial charge in [0.1, 0.15) is 17.9 Å². The number of nitrogens with zero attached hydrogens (tertiary/aromatic N) is 1. The van der Waals surface area contributed by atoms with Gasteiger partial charge in [0.05, 0.1) is 0 Å². The molecule has 1 aromatic rings. The van der Waals surface area contributed by atoms with Gasteiger partial charge in [0, 0.05) is 18.8 Å². The molecule has 1 atom stereocenters. The van der Waals surface area contributed by atoms with Gasteiger partial charge in [0.25, 0.3) is 0 Å². The van der Waals surface area contributed by atoms with Gasteiger partial charge in [0.15, 0.2) is 0 Å². The highest BCUT2D eigenvalue weighted by atomic mass is 16.6. The summed E-state index contributed by atoms with van der Waals surface area (Å²) in [5.74, 6) is 0. The molecule has 1 aromatic carbocycles. The highest BCUT2D eigenvalue weighted by Crippen LogP contribution is 2.30. The van der Waals surface area contributed by atoms with Crippen LogP contribution in [-0.4, -0.2) is 31.1 Å². The van der Waals surface area contributed by atoms with Crippen molar-refractivity contribution in [2.24, 2.45) is 0 Å². The van der Waals surface area contributed by atoms with E-state index in [1.807, 2.05) is 18.2 Å². The van der Waals surface area contributed by atoms with E-state index in [9.17, 15) is 9.59 Å². The maximum absolute atomic E-state index is 11.8. The molecule has 0 aromatic heterocycles. The van der Waals surface area contributed by atoms with Crippen molar-refractivity contribution in [2.75, 3.05) is 18.0 Å². The van der Waals surface area contributed by atoms with Crippen molar-refractivity contribution >= 4 is 18.1 Å². The van der Waals surface area contributed by atoms with Gasteiger partial charge in [0.2, 0.25) is 0 Å². The van der Waals surface area contributed by atoms with E-state index >= 15 is 0 Å². The average Bonchev–Trinajstić information content (AvgIpc) is 2.84. The Morgan fingerprint density at radius 2 is 2.18 bits per heavy atom. The maximum atomic E-state index is 11.8. The van der Waals surface area contributed by atoms with Gasteiger partial charge in [-0.1, -0.05) is 12.1 Å². The zero-order valence-electron chi connectivity index (χ0n) is 13.7. The zero-order valence-corrected chi connectivity index (χ0v) is 13.7. The molecule has 0 bridgehead atoms. The Morgan fingerprint density at radius 3 is 2.77 bits per heavy atom. The van der Waals surface area contributed by atoms with Gasteiger partial charge in [-0.15, -0.1) is 0 Å². The zero-order chi connectivity index (χ0) is 16.3. The molecule has 1 aliphatic rings. The molecule has 22 heavy (non-hydrogen) atoms. The number of fused-ring (bicyclic) bond motifs is 1. The number of alkyl carbamates (subject to hydrolysis) is 1. The number of carbonyl (C=O) groups is 2. The second kappa shape index (κ2) is 6.38. The van der Waals surface area contributed by atoms with Gasteiger partial charge in [-0.25, -0.2) is 4.79 Å². The van der Waals surface area contributed by atoms with Crippen LogP contribution in [0, 0.1) is 0 Å². The van der Waals surface area contributed by atoms with Crippen LogP contribution >= 0.6 is 0 Å². The van der Waals surface area contributed by atoms with Crippen LogP contribution in [0.5, 0.6) is 0 Å². The van der Waals surface area contributed by atoms with Crippen LogP contribution in [0.3, 0.4) is 0 Å². The van der Waals surface area contributed by atoms with Gasteiger partial charge in [-0.3, -0.25) is 0 Å². The predicted molar refractivity (Wildman–Crippen MR) is 86.2 cm³/mol. The summed E-state index contributed by atoms with van der Waals surface area (Å²) in [6.07, 6.45) is 1.12. The number of hydrogen-bond acceptors (Lipinski definition) is 4. The molecule has 1 heterocycles. The van der Waals surface area contributed by atoms with Crippen LogP contribution in [0.1, 0.15) is 44.9 Å². The van der Waals surface area contributed by atoms with Gasteiger partial charge in [-0.05, 0) is 51.3 Å². The molecule has 0 saturated heterocycles. The Morgan fingerprint density at radius 1 is 1.45 bits per heavy atom. The van der Waals surface area contributed by atoms with Gasteiger partial charge < -0.3 is 19.7 Å². The standard InChI is InChI=1S/C17H24N2O3/c1-5-19-9-8-13-10-12(6-7-15(13)19)14(11-20)18-16(21)22-17(2,3)4/h6-7,10-11,14H,5,8-9H2,1-4H3,(H,18,21). The minimum atomic E-state index is -0.684. The molecule has 0 fully saturated rings. The molecular weight excluding hydrogens is 280 g/mol. The molecule has 1 unspecified atom stereocenters. The largest absolute Gasteiger partial charge is 0.444 e. The van der Waals surface area contributed by atoms with E-state index in [-0.39, 0.29) is 0 Å². The number of rotatable bonds is 4. The number of carbonyl (C=O) groups excluding carboxylic acids is 2. The minimum absolute atomic E-state index is 0.583. The lowest BCUT2D eigenvalue weighted by Gasteiger charge is -2.22. The normalized spacial score (nSPS) is 15.2. The summed E-state index contributed by atoms with van der Waals surface area (Å²) < 4.78 is 5.20. The first-order valence-corrected chi connectivity index (χ1v) is 7.66. The lowest BCUT2D eigenvalue weighted by molar-refractivity contribution is -0.109. The summed E-state index contributed by atoms with van der Waals surface area (Å²) in [5.41, 5.74) is 2.64. The van der Waals surface area contributed by atoms with Crippen molar-refractivity contribution < 1.29 is 14.3 Å². The summed E-state index contributed by atoms with van der Waals surface area (Å²) >= 11 is 0. The smallest absolute Gasteiger partial charge is 0.408 e. The fraction of sp³-hybridized carbons (Fsp3) is 0.529. The third-order valence-electron chi connectivity index (χ3n) is 3.64. The summed E-state index contributed by atoms with van der Waals surface area (Å²) in [7, 11) is 0. The van der Waals surface area contributed by atoms with E-state index in [0.29, 0.717) is 0 Å². The Balaban J connectivity index is 2.12. The van der Waals surface area contributed by atoms with E-state index in [4.69, 9.17) is 4.74 Å². The quantitative estimate of drug-likeness (QED) is 0.869. The SMILES string of the molecule is CCN1CCc2cc(C(C=O)NC(=O)OC(C)(C)C)ccc21. The maximum Gasteiger partial charge on any atom is 0.408 e. The van der Waals surface area contributed by atoms with Gasteiger partial charge >= 0.3 is 6.09 Å². The average molecular weight is 304 g/mol. The van der Waals surface area contributed by atoms with Crippen LogP contribution in [0.2, 0.25) is 0 Å². The van der Waals surface area contributed by atoms with Crippen LogP contribution in [-0.2, 0) is 16.0 Å². The highest BCUT2D eigenvalue weighted by molar-refractivity contribution is 5.75. The third-order valence-corrected chi connectivity index (χ3v) is 3.64. The number of benzene rings is 1. The molecular formula is C17H24N2O3. The number of likely N-dealkylation sites (N-methyl/N-ethyl adjacent to an activating group) is 1. The number of amides is 1. The molecule has 1 N–H and O–H groups in total. The second-order valence-corrected chi connectivity index (χ2v) is 6.48. The summed E-state index contributed by atoms with van der Waals surface area (Å²) in [6.45, 7) is 9.47. The molecule has 1 amide bonds. The molecule has 0 aliphatic carbocycles. The number of hydrogen-bond donors (Lipinski definition) is 1. The predicted octanol–water partition coefficient (Wildman–Crippen LogP) is 2.83. The molecule has 2 rings (SSSR count). The Labute approximate surface area is 131 Å². The molecule has 5 heteroatoms. The van der Waals surface area contributed by atoms with Crippen molar-refractivity contribution in [2.45, 2.75) is 45.8 Å². The van der Waals surface area contributed by atoms with Crippen LogP contribution in [0.15, 0.2) is 18.2 Å². The Hall–Kier alpha value is -2.04. The Kier molecular flexibility index (Phi) is 4.74. The lowest BCUT2D eigenvalue weighted by Crippen LogP contribution is -2.35. The first-order chi connectivity index (χ1) is 10.3. The fourth-order valence-corrected chi connectivity index (χ4v) is 2.64. The topological polar surface area (TPSA) is 58.6 Å². The molecule has 0 spiro atoms. The van der Waals surface area contributed by atoms with Crippen molar-refractivity contribution in [3.05, 3.63) is 29.3 Å². The van der Waals surface area contributed by atoms with Crippen molar-refractivity contribution in [1.29, 1.82) is 0 Å². The summed E-state index contributed by atoms with van der Waals surface area (Å²) in [6, 6.07) is 5.23. The summed E-state index contributed by atoms with van der Waals surface area (Å²) in [4.78, 5) is 25.5. The van der Waals surface area contributed by atoms with E-state index in [1.54, 1.807) is 20.8 Å². The number of nitrogens with one attached hydrogen (secondary N) is 1. The molecule has 120 valence electrons. The molecule has 0 radical (unpaired) electrons. The minimum Gasteiger partial charge on any atom is -0.444 e. The fourth-order valence-electron chi connectivity index (χ4n) is 2.64. The van der Waals surface area contributed by atoms with Crippen LogP contribution in [0.4, 0.5) is 10.5 Å². The molecule has 0 saturated carbocycles. The second-order valence-electron chi connectivity index (χ2n) is 6.48. The van der Waals surface area contributed by atoms with Crippen LogP contribution < -0.4 is 10.2 Å². The molecule has 1 aliphatic heterocycles. The van der Waals surface area contributed by atoms with Gasteiger partial charge in [-0.2, -0.15) is 0 Å². The van der Waals surface area contributed by atoms with E-state index < -0.39 is 17.7 Å². The highest BCUT2D eigenvalue weighted by Gasteiger charge is 2.23. The van der Waals surface area contributed by atoms with E-state index in [0.717, 1.165) is 31.4 Å². The van der Waals surface area contributed by atoms with Crippen molar-refractivity contribution in [3.8, 4) is 0 Å². The molecule has 5 nitrogen and oxygen atoms in total. The van der Waals surface area contributed by atoms with Crippen LogP contribution in [0.25, 0.3) is 0 Å². The van der Waals surface area contributed by atoms with Crippen molar-refractivity contribution in [3.63, 3.8) is 0 Å².